The van der Waals surface area contributed by atoms with E-state index in [1.807, 2.05) is 39.0 Å². The largest absolute Gasteiger partial charge is 0.490 e. The number of benzene rings is 2. The van der Waals surface area contributed by atoms with Gasteiger partial charge in [0, 0.05) is 5.70 Å². The molecule has 0 fully saturated rings. The van der Waals surface area contributed by atoms with Crippen LogP contribution in [0.4, 0.5) is 5.95 Å². The van der Waals surface area contributed by atoms with E-state index in [4.69, 9.17) is 42.5 Å². The Morgan fingerprint density at radius 1 is 1.13 bits per heavy atom. The molecule has 12 heteroatoms. The van der Waals surface area contributed by atoms with Crippen LogP contribution in [0.25, 0.3) is 0 Å². The molecule has 1 N–H and O–H groups in total. The highest BCUT2D eigenvalue weighted by atomic mass is 79.9. The van der Waals surface area contributed by atoms with Gasteiger partial charge in [-0.05, 0) is 77.8 Å². The zero-order chi connectivity index (χ0) is 27.4. The van der Waals surface area contributed by atoms with Gasteiger partial charge in [0.2, 0.25) is 11.1 Å². The van der Waals surface area contributed by atoms with Gasteiger partial charge in [-0.2, -0.15) is 4.98 Å². The molecule has 1 aliphatic rings. The van der Waals surface area contributed by atoms with Crippen molar-refractivity contribution in [1.29, 1.82) is 0 Å². The number of rotatable bonds is 10. The number of esters is 1. The number of nitrogens with zero attached hydrogens (tertiary/aromatic N) is 3. The van der Waals surface area contributed by atoms with Crippen LogP contribution in [-0.4, -0.2) is 39.7 Å². The summed E-state index contributed by atoms with van der Waals surface area (Å²) < 4.78 is 19.9. The van der Waals surface area contributed by atoms with Crippen LogP contribution in [0.1, 0.15) is 44.9 Å². The molecule has 4 rings (SSSR count). The van der Waals surface area contributed by atoms with E-state index < -0.39 is 12.0 Å². The Bertz CT molecular complexity index is 1380. The van der Waals surface area contributed by atoms with E-state index in [9.17, 15) is 4.79 Å². The van der Waals surface area contributed by atoms with Gasteiger partial charge in [0.15, 0.2) is 11.5 Å². The van der Waals surface area contributed by atoms with Gasteiger partial charge in [0.25, 0.3) is 0 Å². The normalized spacial score (nSPS) is 14.7. The van der Waals surface area contributed by atoms with Gasteiger partial charge in [-0.3, -0.25) is 0 Å². The van der Waals surface area contributed by atoms with Crippen molar-refractivity contribution in [3.8, 4) is 11.5 Å². The fraction of sp³-hybridized carbons (Fsp3) is 0.346. The molecule has 0 saturated carbocycles. The summed E-state index contributed by atoms with van der Waals surface area (Å²) in [7, 11) is 0. The fourth-order valence-electron chi connectivity index (χ4n) is 4.04. The predicted octanol–water partition coefficient (Wildman–Crippen LogP) is 7.29. The van der Waals surface area contributed by atoms with Crippen LogP contribution >= 0.6 is 50.9 Å². The number of nitrogens with one attached hydrogen (secondary N) is 1. The molecule has 0 amide bonds. The summed E-state index contributed by atoms with van der Waals surface area (Å²) in [5, 5.41) is 9.45. The van der Waals surface area contributed by atoms with Gasteiger partial charge in [-0.15, -0.1) is 5.10 Å². The molecule has 0 saturated heterocycles. The van der Waals surface area contributed by atoms with Gasteiger partial charge in [-0.1, -0.05) is 48.0 Å². The number of carbonyl (C=O) groups excluding carboxylic acids is 1. The van der Waals surface area contributed by atoms with Gasteiger partial charge in [0.1, 0.15) is 12.6 Å². The van der Waals surface area contributed by atoms with Crippen LogP contribution in [0.15, 0.2) is 51.2 Å². The summed E-state index contributed by atoms with van der Waals surface area (Å²) >= 11 is 17.4. The molecule has 2 aromatic carbocycles. The topological polar surface area (TPSA) is 87.5 Å². The summed E-state index contributed by atoms with van der Waals surface area (Å²) in [6.07, 6.45) is 0. The van der Waals surface area contributed by atoms with Crippen LogP contribution in [0.2, 0.25) is 10.0 Å². The summed E-state index contributed by atoms with van der Waals surface area (Å²) in [6, 6.07) is 8.51. The zero-order valence-corrected chi connectivity index (χ0v) is 25.2. The van der Waals surface area contributed by atoms with Crippen molar-refractivity contribution in [3.05, 3.63) is 67.2 Å². The zero-order valence-electron chi connectivity index (χ0n) is 21.3. The van der Waals surface area contributed by atoms with Crippen LogP contribution in [-0.2, 0) is 16.1 Å². The molecule has 0 aliphatic carbocycles. The monoisotopic (exact) mass is 640 g/mol. The molecule has 1 atom stereocenters. The number of ether oxygens (including phenoxy) is 3. The van der Waals surface area contributed by atoms with Crippen molar-refractivity contribution in [3.63, 3.8) is 0 Å². The van der Waals surface area contributed by atoms with Crippen LogP contribution in [0.5, 0.6) is 11.5 Å². The van der Waals surface area contributed by atoms with Crippen molar-refractivity contribution in [2.45, 2.75) is 45.5 Å². The third kappa shape index (κ3) is 6.09. The second-order valence-electron chi connectivity index (χ2n) is 8.18. The molecule has 0 bridgehead atoms. The Kier molecular flexibility index (Phi) is 9.51. The lowest BCUT2D eigenvalue weighted by Crippen LogP contribution is -2.29. The van der Waals surface area contributed by atoms with Crippen molar-refractivity contribution >= 4 is 62.8 Å². The smallest absolute Gasteiger partial charge is 0.338 e. The maximum absolute atomic E-state index is 13.1. The lowest BCUT2D eigenvalue weighted by molar-refractivity contribution is -0.139. The Morgan fingerprint density at radius 3 is 2.61 bits per heavy atom. The highest BCUT2D eigenvalue weighted by molar-refractivity contribution is 9.10. The Labute approximate surface area is 244 Å². The van der Waals surface area contributed by atoms with E-state index in [0.717, 1.165) is 16.9 Å². The highest BCUT2D eigenvalue weighted by Crippen LogP contribution is 2.43. The maximum Gasteiger partial charge on any atom is 0.338 e. The average molecular weight is 642 g/mol. The standard InChI is InChI=1S/C26H27BrCl2N4O4S/c1-5-35-20-12-16(11-17(27)23(20)37-13-15-8-9-18(28)19(29)10-15)22-21(24(34)36-6-2)14(4)30-25-31-26(38-7-3)32-33(22)25/h8-12,22H,5-7,13H2,1-4H3,(H,30,31,32). The second kappa shape index (κ2) is 12.6. The minimum Gasteiger partial charge on any atom is -0.490 e. The SMILES string of the molecule is CCOC(=O)C1=C(C)Nc2nc(SCC)nn2C1c1cc(Br)c(OCc2ccc(Cl)c(Cl)c2)c(OCC)c1. The number of hydrogen-bond donors (Lipinski definition) is 1. The molecule has 1 unspecified atom stereocenters. The minimum absolute atomic E-state index is 0.249. The first-order chi connectivity index (χ1) is 18.3. The summed E-state index contributed by atoms with van der Waals surface area (Å²) in [6.45, 7) is 8.45. The minimum atomic E-state index is -0.594. The molecule has 38 heavy (non-hydrogen) atoms. The van der Waals surface area contributed by atoms with Crippen LogP contribution in [0.3, 0.4) is 0 Å². The third-order valence-corrected chi connectivity index (χ3v) is 7.66. The number of fused-ring (bicyclic) bond motifs is 1. The van der Waals surface area contributed by atoms with Gasteiger partial charge < -0.3 is 19.5 Å². The average Bonchev–Trinajstić information content (AvgIpc) is 3.27. The molecule has 1 aromatic heterocycles. The van der Waals surface area contributed by atoms with E-state index in [2.05, 4.69) is 26.2 Å². The number of thioether (sulfide) groups is 1. The van der Waals surface area contributed by atoms with Crippen LogP contribution in [0, 0.1) is 0 Å². The fourth-order valence-corrected chi connectivity index (χ4v) is 5.49. The molecular weight excluding hydrogens is 615 g/mol. The molecule has 8 nitrogen and oxygen atoms in total. The first kappa shape index (κ1) is 28.6. The Hall–Kier alpha value is -2.40. The molecular formula is C26H27BrCl2N4O4S. The molecule has 202 valence electrons. The predicted molar refractivity (Wildman–Crippen MR) is 154 cm³/mol. The number of halogens is 3. The number of anilines is 1. The number of aromatic nitrogens is 3. The van der Waals surface area contributed by atoms with Crippen molar-refractivity contribution in [2.24, 2.45) is 0 Å². The van der Waals surface area contributed by atoms with Gasteiger partial charge >= 0.3 is 5.97 Å². The van der Waals surface area contributed by atoms with E-state index in [1.54, 1.807) is 23.7 Å². The van der Waals surface area contributed by atoms with E-state index in [0.29, 0.717) is 55.0 Å². The van der Waals surface area contributed by atoms with Gasteiger partial charge in [-0.25, -0.2) is 9.48 Å². The number of hydrogen-bond acceptors (Lipinski definition) is 8. The summed E-state index contributed by atoms with van der Waals surface area (Å²) in [5.74, 6) is 1.97. The second-order valence-corrected chi connectivity index (χ2v) is 11.1. The number of carbonyl (C=O) groups is 1. The maximum atomic E-state index is 13.1. The number of allylic oxidation sites excluding steroid dienone is 1. The highest BCUT2D eigenvalue weighted by Gasteiger charge is 2.36. The van der Waals surface area contributed by atoms with Crippen molar-refractivity contribution in [1.82, 2.24) is 14.8 Å². The first-order valence-electron chi connectivity index (χ1n) is 12.0. The molecule has 0 radical (unpaired) electrons. The third-order valence-electron chi connectivity index (χ3n) is 5.62. The molecule has 3 aromatic rings. The van der Waals surface area contributed by atoms with Crippen molar-refractivity contribution < 1.29 is 19.0 Å². The van der Waals surface area contributed by atoms with E-state index >= 15 is 0 Å². The molecule has 2 heterocycles. The van der Waals surface area contributed by atoms with E-state index in [1.165, 1.54) is 11.8 Å². The quantitative estimate of drug-likeness (QED) is 0.182. The lowest BCUT2D eigenvalue weighted by atomic mass is 9.95. The summed E-state index contributed by atoms with van der Waals surface area (Å²) in [4.78, 5) is 17.7. The van der Waals surface area contributed by atoms with E-state index in [-0.39, 0.29) is 13.2 Å². The first-order valence-corrected chi connectivity index (χ1v) is 14.6. The van der Waals surface area contributed by atoms with Crippen LogP contribution < -0.4 is 14.8 Å². The lowest BCUT2D eigenvalue weighted by Gasteiger charge is -2.28. The Balaban J connectivity index is 1.77. The summed E-state index contributed by atoms with van der Waals surface area (Å²) in [5.41, 5.74) is 2.70. The van der Waals surface area contributed by atoms with Crippen molar-refractivity contribution in [2.75, 3.05) is 24.3 Å². The van der Waals surface area contributed by atoms with Gasteiger partial charge in [0.05, 0.1) is 33.3 Å². The molecule has 0 spiro atoms. The molecule has 1 aliphatic heterocycles. The Morgan fingerprint density at radius 2 is 1.92 bits per heavy atom.